The van der Waals surface area contributed by atoms with Crippen molar-refractivity contribution in [3.63, 3.8) is 0 Å². The Hall–Kier alpha value is -0.830. The van der Waals surface area contributed by atoms with Crippen molar-refractivity contribution >= 4 is 0 Å². The van der Waals surface area contributed by atoms with Crippen molar-refractivity contribution in [2.75, 3.05) is 0 Å². The van der Waals surface area contributed by atoms with Gasteiger partial charge in [0.15, 0.2) is 0 Å². The highest BCUT2D eigenvalue weighted by Crippen LogP contribution is 1.99. The Morgan fingerprint density at radius 1 is 1.67 bits per heavy atom. The van der Waals surface area contributed by atoms with Crippen molar-refractivity contribution in [1.82, 2.24) is 10.5 Å². The summed E-state index contributed by atoms with van der Waals surface area (Å²) in [4.78, 5) is 0. The molecule has 0 aliphatic carbocycles. The molecule has 1 aromatic heterocycles. The zero-order valence-corrected chi connectivity index (χ0v) is 7.71. The van der Waals surface area contributed by atoms with Crippen LogP contribution in [0, 0.1) is 0 Å². The summed E-state index contributed by atoms with van der Waals surface area (Å²) in [6.45, 7) is 5.15. The molecule has 68 valence electrons. The van der Waals surface area contributed by atoms with Crippen LogP contribution >= 0.6 is 0 Å². The second kappa shape index (κ2) is 4.93. The van der Waals surface area contributed by atoms with Crippen LogP contribution < -0.4 is 5.32 Å². The van der Waals surface area contributed by atoms with Gasteiger partial charge in [0.2, 0.25) is 0 Å². The molecule has 0 bridgehead atoms. The molecule has 1 aromatic rings. The Balaban J connectivity index is 2.17. The van der Waals surface area contributed by atoms with E-state index in [9.17, 15) is 0 Å². The van der Waals surface area contributed by atoms with Gasteiger partial charge in [-0.25, -0.2) is 0 Å². The first-order valence-electron chi connectivity index (χ1n) is 4.46. The molecule has 0 fully saturated rings. The van der Waals surface area contributed by atoms with Crippen molar-refractivity contribution in [2.45, 2.75) is 39.3 Å². The first-order chi connectivity index (χ1) is 5.83. The van der Waals surface area contributed by atoms with Crippen LogP contribution in [0.2, 0.25) is 0 Å². The summed E-state index contributed by atoms with van der Waals surface area (Å²) in [5.74, 6) is 0.901. The van der Waals surface area contributed by atoms with E-state index < -0.39 is 0 Å². The van der Waals surface area contributed by atoms with Gasteiger partial charge in [-0.2, -0.15) is 0 Å². The second-order valence-corrected chi connectivity index (χ2v) is 3.05. The zero-order valence-electron chi connectivity index (χ0n) is 7.71. The van der Waals surface area contributed by atoms with Crippen LogP contribution in [-0.4, -0.2) is 11.2 Å². The topological polar surface area (TPSA) is 38.1 Å². The van der Waals surface area contributed by atoms with E-state index in [1.165, 1.54) is 12.8 Å². The first kappa shape index (κ1) is 9.26. The van der Waals surface area contributed by atoms with Gasteiger partial charge in [0.1, 0.15) is 5.76 Å². The minimum atomic E-state index is 0.556. The van der Waals surface area contributed by atoms with Gasteiger partial charge in [0.25, 0.3) is 0 Å². The Kier molecular flexibility index (Phi) is 3.80. The molecule has 1 unspecified atom stereocenters. The van der Waals surface area contributed by atoms with E-state index >= 15 is 0 Å². The number of rotatable bonds is 5. The van der Waals surface area contributed by atoms with Gasteiger partial charge in [0, 0.05) is 12.1 Å². The molecule has 0 aromatic carbocycles. The Morgan fingerprint density at radius 2 is 2.50 bits per heavy atom. The Labute approximate surface area is 73.1 Å². The van der Waals surface area contributed by atoms with Crippen LogP contribution in [0.5, 0.6) is 0 Å². The molecule has 12 heavy (non-hydrogen) atoms. The first-order valence-corrected chi connectivity index (χ1v) is 4.46. The average molecular weight is 168 g/mol. The zero-order chi connectivity index (χ0) is 8.81. The molecule has 3 heteroatoms. The predicted molar refractivity (Wildman–Crippen MR) is 47.7 cm³/mol. The molecule has 1 N–H and O–H groups in total. The van der Waals surface area contributed by atoms with Crippen LogP contribution in [0.25, 0.3) is 0 Å². The highest BCUT2D eigenvalue weighted by atomic mass is 16.5. The minimum Gasteiger partial charge on any atom is -0.360 e. The Morgan fingerprint density at radius 3 is 3.08 bits per heavy atom. The van der Waals surface area contributed by atoms with Crippen LogP contribution in [-0.2, 0) is 6.54 Å². The third-order valence-electron chi connectivity index (χ3n) is 1.84. The van der Waals surface area contributed by atoms with E-state index in [1.54, 1.807) is 6.20 Å². The van der Waals surface area contributed by atoms with Crippen LogP contribution in [0.4, 0.5) is 0 Å². The molecule has 1 atom stereocenters. The largest absolute Gasteiger partial charge is 0.360 e. The van der Waals surface area contributed by atoms with E-state index in [-0.39, 0.29) is 0 Å². The van der Waals surface area contributed by atoms with Gasteiger partial charge in [-0.1, -0.05) is 18.5 Å². The van der Waals surface area contributed by atoms with E-state index in [1.807, 2.05) is 6.07 Å². The fourth-order valence-electron chi connectivity index (χ4n) is 1.14. The van der Waals surface area contributed by atoms with Crippen molar-refractivity contribution in [3.05, 3.63) is 18.0 Å². The maximum absolute atomic E-state index is 4.95. The number of aromatic nitrogens is 1. The van der Waals surface area contributed by atoms with Crippen molar-refractivity contribution in [2.24, 2.45) is 0 Å². The van der Waals surface area contributed by atoms with Gasteiger partial charge < -0.3 is 9.84 Å². The van der Waals surface area contributed by atoms with Gasteiger partial charge >= 0.3 is 0 Å². The van der Waals surface area contributed by atoms with Crippen molar-refractivity contribution < 1.29 is 4.52 Å². The summed E-state index contributed by atoms with van der Waals surface area (Å²) in [5.41, 5.74) is 0. The molecular weight excluding hydrogens is 152 g/mol. The lowest BCUT2D eigenvalue weighted by Crippen LogP contribution is -2.24. The summed E-state index contributed by atoms with van der Waals surface area (Å²) in [6.07, 6.45) is 4.08. The smallest absolute Gasteiger partial charge is 0.150 e. The summed E-state index contributed by atoms with van der Waals surface area (Å²) in [6, 6.07) is 2.44. The lowest BCUT2D eigenvalue weighted by atomic mass is 10.2. The maximum atomic E-state index is 4.95. The lowest BCUT2D eigenvalue weighted by molar-refractivity contribution is 0.362. The van der Waals surface area contributed by atoms with Crippen molar-refractivity contribution in [3.8, 4) is 0 Å². The molecular formula is C9H16N2O. The third-order valence-corrected chi connectivity index (χ3v) is 1.84. The minimum absolute atomic E-state index is 0.556. The molecule has 0 aliphatic heterocycles. The van der Waals surface area contributed by atoms with Crippen LogP contribution in [0.1, 0.15) is 32.4 Å². The quantitative estimate of drug-likeness (QED) is 0.730. The number of hydrogen-bond acceptors (Lipinski definition) is 3. The van der Waals surface area contributed by atoms with Gasteiger partial charge in [-0.15, -0.1) is 0 Å². The Bertz CT molecular complexity index is 196. The molecule has 0 saturated carbocycles. The van der Waals surface area contributed by atoms with E-state index in [2.05, 4.69) is 24.3 Å². The number of nitrogens with one attached hydrogen (secondary N) is 1. The fraction of sp³-hybridized carbons (Fsp3) is 0.667. The molecule has 0 aliphatic rings. The molecule has 3 nitrogen and oxygen atoms in total. The molecule has 0 amide bonds. The van der Waals surface area contributed by atoms with E-state index in [4.69, 9.17) is 4.52 Å². The lowest BCUT2D eigenvalue weighted by Gasteiger charge is -2.10. The van der Waals surface area contributed by atoms with Crippen LogP contribution in [0.3, 0.4) is 0 Å². The predicted octanol–water partition coefficient (Wildman–Crippen LogP) is 1.95. The van der Waals surface area contributed by atoms with Crippen molar-refractivity contribution in [1.29, 1.82) is 0 Å². The van der Waals surface area contributed by atoms with Crippen LogP contribution in [0.15, 0.2) is 16.8 Å². The fourth-order valence-corrected chi connectivity index (χ4v) is 1.14. The van der Waals surface area contributed by atoms with E-state index in [0.29, 0.717) is 6.04 Å². The molecule has 1 rings (SSSR count). The van der Waals surface area contributed by atoms with Gasteiger partial charge in [-0.3, -0.25) is 0 Å². The molecule has 1 heterocycles. The summed E-state index contributed by atoms with van der Waals surface area (Å²) >= 11 is 0. The number of hydrogen-bond donors (Lipinski definition) is 1. The standard InChI is InChI=1S/C9H16N2O/c1-3-4-8(2)10-7-9-5-6-11-12-9/h5-6,8,10H,3-4,7H2,1-2H3. The highest BCUT2D eigenvalue weighted by Gasteiger charge is 2.01. The second-order valence-electron chi connectivity index (χ2n) is 3.05. The monoisotopic (exact) mass is 168 g/mol. The van der Waals surface area contributed by atoms with E-state index in [0.717, 1.165) is 12.3 Å². The third kappa shape index (κ3) is 3.05. The molecule has 0 spiro atoms. The summed E-state index contributed by atoms with van der Waals surface area (Å²) in [7, 11) is 0. The summed E-state index contributed by atoms with van der Waals surface area (Å²) in [5, 5.41) is 6.98. The maximum Gasteiger partial charge on any atom is 0.150 e. The number of nitrogens with zero attached hydrogens (tertiary/aromatic N) is 1. The SMILES string of the molecule is CCCC(C)NCc1ccno1. The average Bonchev–Trinajstić information content (AvgIpc) is 2.53. The summed E-state index contributed by atoms with van der Waals surface area (Å²) < 4.78 is 4.95. The normalized spacial score (nSPS) is 13.2. The van der Waals surface area contributed by atoms with Gasteiger partial charge in [-0.05, 0) is 13.3 Å². The van der Waals surface area contributed by atoms with Gasteiger partial charge in [0.05, 0.1) is 12.7 Å². The molecule has 0 saturated heterocycles. The highest BCUT2D eigenvalue weighted by molar-refractivity contribution is 4.92. The molecule has 0 radical (unpaired) electrons.